The van der Waals surface area contributed by atoms with Gasteiger partial charge in [-0.1, -0.05) is 19.8 Å². The Kier molecular flexibility index (Phi) is 8.12. The lowest BCUT2D eigenvalue weighted by Crippen LogP contribution is -2.54. The average molecular weight is 512 g/mol. The highest BCUT2D eigenvalue weighted by Crippen LogP contribution is 2.33. The van der Waals surface area contributed by atoms with Gasteiger partial charge in [-0.3, -0.25) is 19.3 Å². The Morgan fingerprint density at radius 2 is 1.78 bits per heavy atom. The van der Waals surface area contributed by atoms with Crippen molar-refractivity contribution in [2.75, 3.05) is 57.8 Å². The van der Waals surface area contributed by atoms with Crippen LogP contribution in [-0.2, 0) is 14.3 Å². The number of carbonyl (C=O) groups is 3. The highest BCUT2D eigenvalue weighted by atomic mass is 16.5. The maximum atomic E-state index is 13.8. The number of piperazine rings is 1. The summed E-state index contributed by atoms with van der Waals surface area (Å²) in [6.45, 7) is 7.89. The second-order valence-corrected chi connectivity index (χ2v) is 10.9. The third-order valence-corrected chi connectivity index (χ3v) is 8.67. The summed E-state index contributed by atoms with van der Waals surface area (Å²) in [6, 6.07) is 6.44. The molecule has 2 amide bonds. The van der Waals surface area contributed by atoms with Gasteiger partial charge in [0.05, 0.1) is 6.04 Å². The van der Waals surface area contributed by atoms with Gasteiger partial charge in [0.2, 0.25) is 5.91 Å². The molecule has 0 bridgehead atoms. The normalized spacial score (nSPS) is 27.5. The Morgan fingerprint density at radius 1 is 1.08 bits per heavy atom. The summed E-state index contributed by atoms with van der Waals surface area (Å²) in [6.07, 6.45) is 4.77. The van der Waals surface area contributed by atoms with Crippen molar-refractivity contribution in [1.82, 2.24) is 20.4 Å². The van der Waals surface area contributed by atoms with Crippen LogP contribution in [0.5, 0.6) is 0 Å². The summed E-state index contributed by atoms with van der Waals surface area (Å²) in [5.74, 6) is -0.369. The zero-order valence-corrected chi connectivity index (χ0v) is 22.2. The van der Waals surface area contributed by atoms with E-state index in [0.717, 1.165) is 64.1 Å². The van der Waals surface area contributed by atoms with Gasteiger partial charge in [-0.2, -0.15) is 0 Å². The van der Waals surface area contributed by atoms with Gasteiger partial charge in [0.1, 0.15) is 24.8 Å². The summed E-state index contributed by atoms with van der Waals surface area (Å²) < 4.78 is 5.71. The largest absolute Gasteiger partial charge is 0.369 e. The fraction of sp³-hybridized carbons (Fsp3) is 0.679. The standard InChI is InChI=1S/C28H41N5O4/c1-3-12-31-13-15-32(16-14-31)21-10-8-20(9-11-21)27(35)30-24(19-6-4-5-7-19)28(36)33-17-22(29-2)26-25(33)23(34)18-37-26/h8-11,19,22,24-26,29H,3-7,12-18H2,1-2H3,(H,30,35)/t22-,24-,25+,26+/m0/s1. The first-order valence-corrected chi connectivity index (χ1v) is 14.0. The first kappa shape index (κ1) is 26.1. The molecular weight excluding hydrogens is 470 g/mol. The summed E-state index contributed by atoms with van der Waals surface area (Å²) in [5, 5.41) is 6.27. The summed E-state index contributed by atoms with van der Waals surface area (Å²) in [5.41, 5.74) is 1.67. The van der Waals surface area contributed by atoms with Gasteiger partial charge in [-0.05, 0) is 63.0 Å². The fourth-order valence-electron chi connectivity index (χ4n) is 6.58. The van der Waals surface area contributed by atoms with Crippen molar-refractivity contribution in [3.8, 4) is 0 Å². The third kappa shape index (κ3) is 5.40. The molecule has 3 aliphatic heterocycles. The molecule has 0 unspecified atom stereocenters. The van der Waals surface area contributed by atoms with Gasteiger partial charge in [0.15, 0.2) is 5.78 Å². The van der Waals surface area contributed by atoms with Crippen LogP contribution in [0, 0.1) is 5.92 Å². The lowest BCUT2D eigenvalue weighted by molar-refractivity contribution is -0.139. The summed E-state index contributed by atoms with van der Waals surface area (Å²) >= 11 is 0. The summed E-state index contributed by atoms with van der Waals surface area (Å²) in [4.78, 5) is 46.3. The number of hydrogen-bond donors (Lipinski definition) is 2. The number of ketones is 1. The molecule has 4 aliphatic rings. The maximum absolute atomic E-state index is 13.8. The molecule has 9 nitrogen and oxygen atoms in total. The predicted octanol–water partition coefficient (Wildman–Crippen LogP) is 1.27. The van der Waals surface area contributed by atoms with Crippen LogP contribution in [0.4, 0.5) is 5.69 Å². The quantitative estimate of drug-likeness (QED) is 0.543. The lowest BCUT2D eigenvalue weighted by Gasteiger charge is -2.36. The monoisotopic (exact) mass is 511 g/mol. The van der Waals surface area contributed by atoms with E-state index in [9.17, 15) is 14.4 Å². The third-order valence-electron chi connectivity index (χ3n) is 8.67. The molecule has 1 aliphatic carbocycles. The van der Waals surface area contributed by atoms with E-state index in [0.29, 0.717) is 12.1 Å². The molecule has 1 aromatic carbocycles. The van der Waals surface area contributed by atoms with E-state index in [1.165, 1.54) is 6.42 Å². The number of hydrogen-bond acceptors (Lipinski definition) is 7. The van der Waals surface area contributed by atoms with Crippen LogP contribution in [0.15, 0.2) is 24.3 Å². The molecule has 202 valence electrons. The van der Waals surface area contributed by atoms with Gasteiger partial charge in [0.25, 0.3) is 5.91 Å². The van der Waals surface area contributed by atoms with Crippen LogP contribution < -0.4 is 15.5 Å². The van der Waals surface area contributed by atoms with Crippen molar-refractivity contribution in [3.05, 3.63) is 29.8 Å². The number of benzene rings is 1. The molecule has 2 N–H and O–H groups in total. The van der Waals surface area contributed by atoms with Crippen LogP contribution in [-0.4, -0.2) is 105 Å². The van der Waals surface area contributed by atoms with E-state index in [1.807, 2.05) is 31.3 Å². The van der Waals surface area contributed by atoms with E-state index < -0.39 is 12.1 Å². The Labute approximate surface area is 219 Å². The van der Waals surface area contributed by atoms with Crippen LogP contribution >= 0.6 is 0 Å². The first-order chi connectivity index (χ1) is 18.0. The molecule has 5 rings (SSSR count). The van der Waals surface area contributed by atoms with E-state index in [-0.39, 0.29) is 42.3 Å². The van der Waals surface area contributed by atoms with Gasteiger partial charge in [-0.25, -0.2) is 0 Å². The Morgan fingerprint density at radius 3 is 2.43 bits per heavy atom. The Hall–Kier alpha value is -2.49. The average Bonchev–Trinajstić information content (AvgIpc) is 3.67. The van der Waals surface area contributed by atoms with Crippen LogP contribution in [0.1, 0.15) is 49.4 Å². The van der Waals surface area contributed by atoms with Crippen LogP contribution in [0.2, 0.25) is 0 Å². The molecule has 0 radical (unpaired) electrons. The van der Waals surface area contributed by atoms with Gasteiger partial charge in [0, 0.05) is 44.0 Å². The summed E-state index contributed by atoms with van der Waals surface area (Å²) in [7, 11) is 1.83. The second-order valence-electron chi connectivity index (χ2n) is 10.9. The predicted molar refractivity (Wildman–Crippen MR) is 142 cm³/mol. The zero-order chi connectivity index (χ0) is 25.9. The molecule has 4 fully saturated rings. The number of carbonyl (C=O) groups excluding carboxylic acids is 3. The van der Waals surface area contributed by atoms with E-state index in [1.54, 1.807) is 4.90 Å². The highest BCUT2D eigenvalue weighted by Gasteiger charge is 2.53. The number of Topliss-reactive ketones (excluding diaryl/α,β-unsaturated/α-hetero) is 1. The molecule has 9 heteroatoms. The van der Waals surface area contributed by atoms with Crippen molar-refractivity contribution in [1.29, 1.82) is 0 Å². The minimum atomic E-state index is -0.633. The van der Waals surface area contributed by atoms with Crippen LogP contribution in [0.25, 0.3) is 0 Å². The van der Waals surface area contributed by atoms with Crippen molar-refractivity contribution in [2.24, 2.45) is 5.92 Å². The van der Waals surface area contributed by atoms with E-state index in [2.05, 4.69) is 27.4 Å². The molecule has 1 aromatic rings. The molecule has 37 heavy (non-hydrogen) atoms. The molecule has 0 spiro atoms. The number of anilines is 1. The molecule has 0 aromatic heterocycles. The maximum Gasteiger partial charge on any atom is 0.251 e. The van der Waals surface area contributed by atoms with Crippen molar-refractivity contribution in [3.63, 3.8) is 0 Å². The number of nitrogens with zero attached hydrogens (tertiary/aromatic N) is 3. The first-order valence-electron chi connectivity index (χ1n) is 14.0. The second kappa shape index (κ2) is 11.5. The van der Waals surface area contributed by atoms with E-state index >= 15 is 0 Å². The molecule has 3 heterocycles. The highest BCUT2D eigenvalue weighted by molar-refractivity contribution is 5.99. The number of amides is 2. The number of likely N-dealkylation sites (tertiary alicyclic amines) is 1. The molecule has 1 saturated carbocycles. The smallest absolute Gasteiger partial charge is 0.251 e. The number of fused-ring (bicyclic) bond motifs is 1. The lowest BCUT2D eigenvalue weighted by atomic mass is 9.95. The molecular formula is C28H41N5O4. The van der Waals surface area contributed by atoms with Crippen molar-refractivity contribution >= 4 is 23.3 Å². The van der Waals surface area contributed by atoms with Crippen molar-refractivity contribution in [2.45, 2.75) is 63.3 Å². The minimum Gasteiger partial charge on any atom is -0.369 e. The van der Waals surface area contributed by atoms with Crippen LogP contribution in [0.3, 0.4) is 0 Å². The topological polar surface area (TPSA) is 94.2 Å². The number of likely N-dealkylation sites (N-methyl/N-ethyl adjacent to an activating group) is 1. The number of nitrogens with one attached hydrogen (secondary N) is 2. The van der Waals surface area contributed by atoms with E-state index in [4.69, 9.17) is 4.74 Å². The fourth-order valence-corrected chi connectivity index (χ4v) is 6.58. The zero-order valence-electron chi connectivity index (χ0n) is 22.2. The SMILES string of the molecule is CCCN1CCN(c2ccc(C(=O)N[C@H](C(=O)N3C[C@H](NC)[C@H]4OCC(=O)[C@H]43)C3CCCC3)cc2)CC1. The minimum absolute atomic E-state index is 0.0394. The molecule has 4 atom stereocenters. The molecule has 3 saturated heterocycles. The number of ether oxygens (including phenoxy) is 1. The Balaban J connectivity index is 1.27. The van der Waals surface area contributed by atoms with Gasteiger partial charge in [-0.15, -0.1) is 0 Å². The van der Waals surface area contributed by atoms with Crippen molar-refractivity contribution < 1.29 is 19.1 Å². The Bertz CT molecular complexity index is 971. The van der Waals surface area contributed by atoms with Gasteiger partial charge >= 0.3 is 0 Å². The van der Waals surface area contributed by atoms with Gasteiger partial charge < -0.3 is 25.2 Å². The number of rotatable bonds is 8.